The number of carbonyl (C=O) groups excluding carboxylic acids is 2. The molecule has 4 heteroatoms. The third kappa shape index (κ3) is 2.58. The zero-order chi connectivity index (χ0) is 10.6. The van der Waals surface area contributed by atoms with Crippen LogP contribution in [0.1, 0.15) is 17.3 Å². The van der Waals surface area contributed by atoms with E-state index in [1.165, 1.54) is 6.92 Å². The molecule has 0 aromatic heterocycles. The maximum Gasteiger partial charge on any atom is 0.251 e. The Morgan fingerprint density at radius 2 is 1.86 bits per heavy atom. The van der Waals surface area contributed by atoms with Crippen LogP contribution in [0.25, 0.3) is 0 Å². The highest BCUT2D eigenvalue weighted by atomic mass is 16.4. The summed E-state index contributed by atoms with van der Waals surface area (Å²) in [6, 6.07) is 7.42. The number of amides is 1. The molecular weight excluding hydrogens is 182 g/mol. The van der Waals surface area contributed by atoms with Crippen molar-refractivity contribution in [1.82, 2.24) is 5.32 Å². The molecule has 0 bridgehead atoms. The Balaban J connectivity index is 2.64. The molecule has 0 spiro atoms. The minimum Gasteiger partial charge on any atom is -0.548 e. The lowest BCUT2D eigenvalue weighted by atomic mass is 10.2. The molecule has 1 aromatic carbocycles. The second-order valence-corrected chi connectivity index (χ2v) is 2.88. The summed E-state index contributed by atoms with van der Waals surface area (Å²) in [5, 5.41) is 12.6. The lowest BCUT2D eigenvalue weighted by Gasteiger charge is -2.14. The van der Waals surface area contributed by atoms with Gasteiger partial charge in [-0.3, -0.25) is 4.79 Å². The van der Waals surface area contributed by atoms with Gasteiger partial charge in [-0.25, -0.2) is 0 Å². The fourth-order valence-electron chi connectivity index (χ4n) is 0.928. The van der Waals surface area contributed by atoms with E-state index in [0.717, 1.165) is 0 Å². The molecule has 1 atom stereocenters. The van der Waals surface area contributed by atoms with Gasteiger partial charge in [0.1, 0.15) is 0 Å². The van der Waals surface area contributed by atoms with Gasteiger partial charge in [-0.2, -0.15) is 0 Å². The van der Waals surface area contributed by atoms with Crippen LogP contribution in [-0.4, -0.2) is 17.9 Å². The SMILES string of the molecule is C[C@@H](NC(=O)c1ccccc1)C(=O)[O-]. The highest BCUT2D eigenvalue weighted by molar-refractivity contribution is 5.96. The molecule has 0 radical (unpaired) electrons. The summed E-state index contributed by atoms with van der Waals surface area (Å²) >= 11 is 0. The van der Waals surface area contributed by atoms with E-state index in [-0.39, 0.29) is 0 Å². The van der Waals surface area contributed by atoms with E-state index < -0.39 is 17.9 Å². The van der Waals surface area contributed by atoms with Crippen molar-refractivity contribution in [1.29, 1.82) is 0 Å². The van der Waals surface area contributed by atoms with Gasteiger partial charge >= 0.3 is 0 Å². The predicted octanol–water partition coefficient (Wildman–Crippen LogP) is -0.445. The van der Waals surface area contributed by atoms with Gasteiger partial charge in [0.15, 0.2) is 0 Å². The Hall–Kier alpha value is -1.84. The lowest BCUT2D eigenvalue weighted by molar-refractivity contribution is -0.307. The van der Waals surface area contributed by atoms with Crippen molar-refractivity contribution in [2.24, 2.45) is 0 Å². The summed E-state index contributed by atoms with van der Waals surface area (Å²) < 4.78 is 0. The first-order chi connectivity index (χ1) is 6.61. The standard InChI is InChI=1S/C10H11NO3/c1-7(10(13)14)11-9(12)8-5-3-2-4-6-8/h2-7H,1H3,(H,11,12)(H,13,14)/p-1/t7-/m1/s1. The summed E-state index contributed by atoms with van der Waals surface area (Å²) in [6.07, 6.45) is 0. The quantitative estimate of drug-likeness (QED) is 0.705. The highest BCUT2D eigenvalue weighted by Crippen LogP contribution is 1.98. The van der Waals surface area contributed by atoms with E-state index in [1.807, 2.05) is 0 Å². The Labute approximate surface area is 81.6 Å². The van der Waals surface area contributed by atoms with Crippen LogP contribution in [0.2, 0.25) is 0 Å². The molecule has 14 heavy (non-hydrogen) atoms. The van der Waals surface area contributed by atoms with E-state index in [0.29, 0.717) is 5.56 Å². The number of aliphatic carboxylic acids is 1. The molecule has 0 unspecified atom stereocenters. The van der Waals surface area contributed by atoms with Gasteiger partial charge in [-0.15, -0.1) is 0 Å². The maximum absolute atomic E-state index is 11.4. The molecular formula is C10H10NO3-. The third-order valence-electron chi connectivity index (χ3n) is 1.74. The summed E-state index contributed by atoms with van der Waals surface area (Å²) in [4.78, 5) is 21.7. The fourth-order valence-corrected chi connectivity index (χ4v) is 0.928. The number of carbonyl (C=O) groups is 2. The molecule has 1 rings (SSSR count). The van der Waals surface area contributed by atoms with Gasteiger partial charge in [0.2, 0.25) is 0 Å². The number of nitrogens with one attached hydrogen (secondary N) is 1. The maximum atomic E-state index is 11.4. The monoisotopic (exact) mass is 192 g/mol. The topological polar surface area (TPSA) is 69.2 Å². The molecule has 74 valence electrons. The molecule has 0 saturated heterocycles. The van der Waals surface area contributed by atoms with Gasteiger partial charge in [0, 0.05) is 5.56 Å². The van der Waals surface area contributed by atoms with Crippen LogP contribution in [0, 0.1) is 0 Å². The fraction of sp³-hybridized carbons (Fsp3) is 0.200. The van der Waals surface area contributed by atoms with Crippen molar-refractivity contribution in [2.75, 3.05) is 0 Å². The van der Waals surface area contributed by atoms with Crippen molar-refractivity contribution < 1.29 is 14.7 Å². The summed E-state index contributed by atoms with van der Waals surface area (Å²) in [5.41, 5.74) is 0.431. The predicted molar refractivity (Wildman–Crippen MR) is 48.4 cm³/mol. The number of benzene rings is 1. The number of hydrogen-bond acceptors (Lipinski definition) is 3. The summed E-state index contributed by atoms with van der Waals surface area (Å²) in [7, 11) is 0. The molecule has 1 amide bonds. The first-order valence-electron chi connectivity index (χ1n) is 4.18. The Morgan fingerprint density at radius 1 is 1.29 bits per heavy atom. The molecule has 0 aliphatic carbocycles. The van der Waals surface area contributed by atoms with Crippen LogP contribution in [0.4, 0.5) is 0 Å². The van der Waals surface area contributed by atoms with Crippen LogP contribution in [0.5, 0.6) is 0 Å². The summed E-state index contributed by atoms with van der Waals surface area (Å²) in [5.74, 6) is -1.71. The number of hydrogen-bond donors (Lipinski definition) is 1. The average Bonchev–Trinajstić information content (AvgIpc) is 2.19. The lowest BCUT2D eigenvalue weighted by Crippen LogP contribution is -2.45. The van der Waals surface area contributed by atoms with Crippen molar-refractivity contribution in [3.05, 3.63) is 35.9 Å². The largest absolute Gasteiger partial charge is 0.548 e. The van der Waals surface area contributed by atoms with Crippen LogP contribution in [0.3, 0.4) is 0 Å². The number of carboxylic acids is 1. The molecule has 1 aromatic rings. The average molecular weight is 192 g/mol. The number of rotatable bonds is 3. The van der Waals surface area contributed by atoms with Gasteiger partial charge in [0.05, 0.1) is 12.0 Å². The van der Waals surface area contributed by atoms with E-state index in [4.69, 9.17) is 0 Å². The van der Waals surface area contributed by atoms with Gasteiger partial charge in [-0.05, 0) is 19.1 Å². The van der Waals surface area contributed by atoms with E-state index >= 15 is 0 Å². The van der Waals surface area contributed by atoms with Crippen molar-refractivity contribution in [2.45, 2.75) is 13.0 Å². The first kappa shape index (κ1) is 10.2. The first-order valence-corrected chi connectivity index (χ1v) is 4.18. The second-order valence-electron chi connectivity index (χ2n) is 2.88. The van der Waals surface area contributed by atoms with Gasteiger partial charge in [-0.1, -0.05) is 18.2 Å². The molecule has 0 aliphatic rings. The van der Waals surface area contributed by atoms with E-state index in [2.05, 4.69) is 5.32 Å². The zero-order valence-corrected chi connectivity index (χ0v) is 7.69. The molecule has 0 heterocycles. The van der Waals surface area contributed by atoms with Crippen molar-refractivity contribution in [3.63, 3.8) is 0 Å². The van der Waals surface area contributed by atoms with Gasteiger partial charge < -0.3 is 15.2 Å². The zero-order valence-electron chi connectivity index (χ0n) is 7.69. The van der Waals surface area contributed by atoms with E-state index in [9.17, 15) is 14.7 Å². The molecule has 1 N–H and O–H groups in total. The van der Waals surface area contributed by atoms with Crippen molar-refractivity contribution in [3.8, 4) is 0 Å². The van der Waals surface area contributed by atoms with Gasteiger partial charge in [0.25, 0.3) is 5.91 Å². The molecule has 0 saturated carbocycles. The third-order valence-corrected chi connectivity index (χ3v) is 1.74. The van der Waals surface area contributed by atoms with Crippen LogP contribution < -0.4 is 10.4 Å². The van der Waals surface area contributed by atoms with Crippen LogP contribution >= 0.6 is 0 Å². The Morgan fingerprint density at radius 3 is 2.36 bits per heavy atom. The molecule has 0 aliphatic heterocycles. The second kappa shape index (κ2) is 4.41. The van der Waals surface area contributed by atoms with E-state index in [1.54, 1.807) is 30.3 Å². The number of carboxylic acid groups (broad SMARTS) is 1. The molecule has 4 nitrogen and oxygen atoms in total. The normalized spacial score (nSPS) is 11.8. The highest BCUT2D eigenvalue weighted by Gasteiger charge is 2.08. The van der Waals surface area contributed by atoms with Crippen LogP contribution in [0.15, 0.2) is 30.3 Å². The minimum atomic E-state index is -1.30. The molecule has 0 fully saturated rings. The van der Waals surface area contributed by atoms with Crippen molar-refractivity contribution >= 4 is 11.9 Å². The Kier molecular flexibility index (Phi) is 3.23. The Bertz CT molecular complexity index is 334. The minimum absolute atomic E-state index is 0.415. The summed E-state index contributed by atoms with van der Waals surface area (Å²) in [6.45, 7) is 1.36. The van der Waals surface area contributed by atoms with Crippen LogP contribution in [-0.2, 0) is 4.79 Å². The smallest absolute Gasteiger partial charge is 0.251 e.